The Morgan fingerprint density at radius 3 is 1.81 bits per heavy atom. The summed E-state index contributed by atoms with van der Waals surface area (Å²) in [5.74, 6) is 2.74. The van der Waals surface area contributed by atoms with Gasteiger partial charge in [-0.3, -0.25) is 4.18 Å². The Morgan fingerprint density at radius 2 is 1.33 bits per heavy atom. The van der Waals surface area contributed by atoms with Gasteiger partial charge in [0, 0.05) is 6.42 Å². The van der Waals surface area contributed by atoms with Crippen molar-refractivity contribution in [1.29, 1.82) is 0 Å². The third-order valence-corrected chi connectivity index (χ3v) is 5.86. The third-order valence-electron chi connectivity index (χ3n) is 4.28. The van der Waals surface area contributed by atoms with Crippen LogP contribution >= 0.6 is 0 Å². The molecule has 158 valence electrons. The molecule has 0 aromatic heterocycles. The molecular weight excluding hydrogens is 380 g/mol. The first-order chi connectivity index (χ1) is 13.0. The van der Waals surface area contributed by atoms with E-state index in [9.17, 15) is 13.0 Å². The zero-order chi connectivity index (χ0) is 20.2. The van der Waals surface area contributed by atoms with Crippen LogP contribution in [0, 0.1) is 0 Å². The van der Waals surface area contributed by atoms with Gasteiger partial charge in [-0.25, -0.2) is 8.42 Å². The van der Waals surface area contributed by atoms with Crippen LogP contribution in [0.1, 0.15) is 76.7 Å². The van der Waals surface area contributed by atoms with Gasteiger partial charge in [-0.2, -0.15) is 0 Å². The zero-order valence-corrected chi connectivity index (χ0v) is 18.8. The van der Waals surface area contributed by atoms with E-state index < -0.39 is 10.4 Å². The van der Waals surface area contributed by atoms with Crippen molar-refractivity contribution in [3.63, 3.8) is 0 Å². The average Bonchev–Trinajstić information content (AvgIpc) is 2.66. The van der Waals surface area contributed by atoms with Crippen LogP contribution in [0.15, 0.2) is 30.3 Å². The molecule has 0 N–H and O–H groups in total. The first kappa shape index (κ1) is 26.4. The lowest BCUT2D eigenvalue weighted by atomic mass is 10.1. The van der Waals surface area contributed by atoms with E-state index in [0.717, 1.165) is 7.11 Å². The number of aryl methyl sites for hydroxylation is 1. The molecule has 1 aromatic rings. The van der Waals surface area contributed by atoms with Crippen LogP contribution in [0.2, 0.25) is 0 Å². The average molecular weight is 419 g/mol. The fourth-order valence-corrected chi connectivity index (χ4v) is 3.76. The van der Waals surface area contributed by atoms with Crippen molar-refractivity contribution in [2.45, 2.75) is 77.6 Å². The lowest BCUT2D eigenvalue weighted by molar-refractivity contribution is 0.314. The zero-order valence-electron chi connectivity index (χ0n) is 17.1. The number of hydrogen-bond acceptors (Lipinski definition) is 4. The summed E-state index contributed by atoms with van der Waals surface area (Å²) in [5.41, 5.74) is 1.49. The van der Waals surface area contributed by atoms with E-state index in [1.165, 1.54) is 87.7 Å². The smallest absolute Gasteiger partial charge is 0.217 e. The Kier molecular flexibility index (Phi) is 18.4. The van der Waals surface area contributed by atoms with E-state index in [4.69, 9.17) is 0 Å². The predicted molar refractivity (Wildman–Crippen MR) is 117 cm³/mol. The van der Waals surface area contributed by atoms with Gasteiger partial charge in [0.15, 0.2) is 0 Å². The molecule has 6 heteroatoms. The van der Waals surface area contributed by atoms with Crippen LogP contribution in [0.25, 0.3) is 0 Å². The van der Waals surface area contributed by atoms with Crippen molar-refractivity contribution in [3.8, 4) is 0 Å². The van der Waals surface area contributed by atoms with E-state index in [1.807, 2.05) is 0 Å². The molecule has 0 aliphatic rings. The van der Waals surface area contributed by atoms with Gasteiger partial charge in [-0.05, 0) is 30.2 Å². The second-order valence-corrected chi connectivity index (χ2v) is 9.15. The molecule has 0 aliphatic heterocycles. The predicted octanol–water partition coefficient (Wildman–Crippen LogP) is 5.06. The number of benzene rings is 1. The summed E-state index contributed by atoms with van der Waals surface area (Å²) < 4.78 is 31.0. The molecule has 4 nitrogen and oxygen atoms in total. The molecule has 0 radical (unpaired) electrons. The minimum absolute atomic E-state index is 0.808. The Bertz CT molecular complexity index is 518. The number of hydrogen-bond donors (Lipinski definition) is 0. The summed E-state index contributed by atoms with van der Waals surface area (Å²) in [6.07, 6.45) is 15.7. The molecule has 0 spiro atoms. The van der Waals surface area contributed by atoms with E-state index in [2.05, 4.69) is 41.4 Å². The second kappa shape index (κ2) is 18.8. The van der Waals surface area contributed by atoms with Gasteiger partial charge in [-0.1, -0.05) is 88.6 Å². The Morgan fingerprint density at radius 1 is 0.852 bits per heavy atom. The topological polar surface area (TPSA) is 66.4 Å². The van der Waals surface area contributed by atoms with Crippen LogP contribution < -0.4 is 0 Å². The first-order valence-electron chi connectivity index (χ1n) is 10.2. The molecule has 1 rings (SSSR count). The molecule has 27 heavy (non-hydrogen) atoms. The highest BCUT2D eigenvalue weighted by molar-refractivity contribution is 7.80. The third kappa shape index (κ3) is 21.6. The van der Waals surface area contributed by atoms with Crippen molar-refractivity contribution < 1.29 is 17.2 Å². The van der Waals surface area contributed by atoms with Crippen molar-refractivity contribution in [3.05, 3.63) is 35.9 Å². The van der Waals surface area contributed by atoms with Crippen LogP contribution in [-0.2, 0) is 32.8 Å². The van der Waals surface area contributed by atoms with Gasteiger partial charge in [0.05, 0.1) is 7.11 Å². The minimum Gasteiger partial charge on any atom is -0.726 e. The van der Waals surface area contributed by atoms with Crippen LogP contribution in [-0.4, -0.2) is 31.6 Å². The van der Waals surface area contributed by atoms with Crippen LogP contribution in [0.3, 0.4) is 0 Å². The standard InChI is InChI=1S/C20H34S.CH4O4S/c1-2-3-4-5-6-7-8-9-10-14-18-21-19-17-20-15-12-11-13-16-20;1-5-6(2,3)4/h11-13,15-16H,2-10,14,17-19H2,1H3;1H3,(H,2,3,4). The Labute approximate surface area is 171 Å². The van der Waals surface area contributed by atoms with Gasteiger partial charge in [0.2, 0.25) is 10.4 Å². The molecule has 0 atom stereocenters. The van der Waals surface area contributed by atoms with E-state index in [1.54, 1.807) is 11.8 Å². The maximum Gasteiger partial charge on any atom is 0.217 e. The second-order valence-electron chi connectivity index (χ2n) is 6.66. The first-order valence-corrected chi connectivity index (χ1v) is 12.8. The molecule has 0 bridgehead atoms. The van der Waals surface area contributed by atoms with Crippen LogP contribution in [0.4, 0.5) is 0 Å². The molecule has 1 aromatic carbocycles. The van der Waals surface area contributed by atoms with Gasteiger partial charge in [-0.15, -0.1) is 0 Å². The Hall–Kier alpha value is -0.560. The summed E-state index contributed by atoms with van der Waals surface area (Å²) >= 11 is 1.65. The lowest BCUT2D eigenvalue weighted by Crippen LogP contribution is -1.99. The molecule has 0 unspecified atom stereocenters. The SMILES string of the molecule is CCCCCCCCCCCC[SH+]CCc1ccccc1.COS(=O)(=O)[O-]. The summed E-state index contributed by atoms with van der Waals surface area (Å²) in [5, 5.41) is 0. The summed E-state index contributed by atoms with van der Waals surface area (Å²) in [7, 11) is -3.60. The molecule has 0 saturated carbocycles. The fraction of sp³-hybridized carbons (Fsp3) is 0.714. The fourth-order valence-electron chi connectivity index (χ4n) is 2.68. The maximum atomic E-state index is 9.22. The quantitative estimate of drug-likeness (QED) is 0.131. The minimum atomic E-state index is -4.41. The van der Waals surface area contributed by atoms with Gasteiger partial charge in [0.1, 0.15) is 11.5 Å². The Balaban J connectivity index is 0.000000972. The summed E-state index contributed by atoms with van der Waals surface area (Å²) in [6, 6.07) is 10.9. The largest absolute Gasteiger partial charge is 0.726 e. The van der Waals surface area contributed by atoms with E-state index in [-0.39, 0.29) is 0 Å². The van der Waals surface area contributed by atoms with Gasteiger partial charge in [0.25, 0.3) is 0 Å². The lowest BCUT2D eigenvalue weighted by Gasteiger charge is -2.01. The number of rotatable bonds is 15. The number of thiol groups is 1. The molecule has 0 fully saturated rings. The number of unbranched alkanes of at least 4 members (excludes halogenated alkanes) is 9. The molecule has 0 aliphatic carbocycles. The highest BCUT2D eigenvalue weighted by atomic mass is 32.3. The molecule has 0 amide bonds. The monoisotopic (exact) mass is 418 g/mol. The van der Waals surface area contributed by atoms with Gasteiger partial charge >= 0.3 is 0 Å². The summed E-state index contributed by atoms with van der Waals surface area (Å²) in [4.78, 5) is 0. The van der Waals surface area contributed by atoms with Crippen molar-refractivity contribution in [1.82, 2.24) is 0 Å². The highest BCUT2D eigenvalue weighted by Gasteiger charge is 1.99. The van der Waals surface area contributed by atoms with Crippen LogP contribution in [0.5, 0.6) is 0 Å². The summed E-state index contributed by atoms with van der Waals surface area (Å²) in [6.45, 7) is 2.29. The maximum absolute atomic E-state index is 9.22. The van der Waals surface area contributed by atoms with Crippen molar-refractivity contribution in [2.75, 3.05) is 18.6 Å². The van der Waals surface area contributed by atoms with Crippen molar-refractivity contribution >= 4 is 22.2 Å². The van der Waals surface area contributed by atoms with E-state index >= 15 is 0 Å². The highest BCUT2D eigenvalue weighted by Crippen LogP contribution is 2.10. The van der Waals surface area contributed by atoms with Crippen molar-refractivity contribution in [2.24, 2.45) is 0 Å². The molecular formula is C21H38O4S2. The van der Waals surface area contributed by atoms with E-state index in [0.29, 0.717) is 0 Å². The normalized spacial score (nSPS) is 11.1. The molecule has 0 saturated heterocycles. The molecule has 0 heterocycles. The van der Waals surface area contributed by atoms with Gasteiger partial charge < -0.3 is 4.55 Å².